The fourth-order valence-electron chi connectivity index (χ4n) is 2.42. The van der Waals surface area contributed by atoms with Gasteiger partial charge in [-0.05, 0) is 43.3 Å². The Hall–Kier alpha value is -3.15. The molecule has 0 saturated heterocycles. The van der Waals surface area contributed by atoms with E-state index in [2.05, 4.69) is 10.6 Å². The Morgan fingerprint density at radius 2 is 1.83 bits per heavy atom. The number of carbonyl (C=O) groups excluding carboxylic acids is 3. The Bertz CT molecular complexity index is 799. The predicted molar refractivity (Wildman–Crippen MR) is 89.2 cm³/mol. The minimum atomic E-state index is -0.739. The molecule has 6 heteroatoms. The van der Waals surface area contributed by atoms with Crippen molar-refractivity contribution in [3.63, 3.8) is 0 Å². The Labute approximate surface area is 138 Å². The maximum Gasteiger partial charge on any atom is 0.334 e. The fraction of sp³-hybridized carbons (Fsp3) is 0.167. The van der Waals surface area contributed by atoms with Gasteiger partial charge in [-0.15, -0.1) is 0 Å². The van der Waals surface area contributed by atoms with Crippen molar-refractivity contribution in [1.82, 2.24) is 0 Å². The van der Waals surface area contributed by atoms with E-state index in [1.54, 1.807) is 42.5 Å². The minimum Gasteiger partial charge on any atom is -0.423 e. The highest BCUT2D eigenvalue weighted by Gasteiger charge is 2.29. The van der Waals surface area contributed by atoms with Gasteiger partial charge in [0.05, 0.1) is 12.1 Å². The van der Waals surface area contributed by atoms with Crippen LogP contribution in [-0.4, -0.2) is 23.7 Å². The molecule has 3 rings (SSSR count). The molecule has 0 spiro atoms. The number of fused-ring (bicyclic) bond motifs is 1. The Balaban J connectivity index is 1.63. The Morgan fingerprint density at radius 1 is 1.12 bits per heavy atom. The molecule has 1 aliphatic rings. The first-order valence-corrected chi connectivity index (χ1v) is 7.51. The second-order valence-corrected chi connectivity index (χ2v) is 5.50. The van der Waals surface area contributed by atoms with Crippen molar-refractivity contribution in [2.75, 3.05) is 10.6 Å². The van der Waals surface area contributed by atoms with E-state index in [9.17, 15) is 14.4 Å². The molecule has 2 N–H and O–H groups in total. The van der Waals surface area contributed by atoms with Gasteiger partial charge in [-0.2, -0.15) is 0 Å². The number of ether oxygens (including phenoxy) is 1. The van der Waals surface area contributed by atoms with Crippen LogP contribution in [0.2, 0.25) is 0 Å². The molecule has 0 unspecified atom stereocenters. The van der Waals surface area contributed by atoms with Crippen LogP contribution in [0.3, 0.4) is 0 Å². The van der Waals surface area contributed by atoms with E-state index in [1.807, 2.05) is 6.07 Å². The number of ketones is 1. The summed E-state index contributed by atoms with van der Waals surface area (Å²) in [5, 5.41) is 5.71. The number of esters is 1. The normalized spacial score (nSPS) is 15.7. The van der Waals surface area contributed by atoms with E-state index in [1.165, 1.54) is 6.92 Å². The zero-order valence-corrected chi connectivity index (χ0v) is 13.0. The smallest absolute Gasteiger partial charge is 0.334 e. The number of anilines is 2. The standard InChI is InChI=1S/C18H16N2O4/c1-11(21)12-6-8-13(9-7-12)19-17(22)10-15-18(23)24-16-5-3-2-4-14(16)20-15/h2-9,15,20H,10H2,1H3,(H,19,22)/t15-/m1/s1. The molecule has 24 heavy (non-hydrogen) atoms. The van der Waals surface area contributed by atoms with Gasteiger partial charge < -0.3 is 15.4 Å². The SMILES string of the molecule is CC(=O)c1ccc(NC(=O)C[C@H]2Nc3ccccc3OC2=O)cc1. The summed E-state index contributed by atoms with van der Waals surface area (Å²) in [6.07, 6.45) is -0.0539. The molecule has 0 aliphatic carbocycles. The summed E-state index contributed by atoms with van der Waals surface area (Å²) < 4.78 is 5.22. The second-order valence-electron chi connectivity index (χ2n) is 5.50. The summed E-state index contributed by atoms with van der Waals surface area (Å²) in [5.74, 6) is -0.394. The number of rotatable bonds is 4. The highest BCUT2D eigenvalue weighted by molar-refractivity contribution is 5.98. The van der Waals surface area contributed by atoms with E-state index < -0.39 is 12.0 Å². The highest BCUT2D eigenvalue weighted by atomic mass is 16.5. The van der Waals surface area contributed by atoms with E-state index >= 15 is 0 Å². The third-order valence-corrected chi connectivity index (χ3v) is 3.68. The van der Waals surface area contributed by atoms with E-state index in [-0.39, 0.29) is 18.1 Å². The van der Waals surface area contributed by atoms with E-state index in [4.69, 9.17) is 4.74 Å². The molecule has 0 saturated carbocycles. The summed E-state index contributed by atoms with van der Waals surface area (Å²) in [4.78, 5) is 35.3. The monoisotopic (exact) mass is 324 g/mol. The predicted octanol–water partition coefficient (Wildman–Crippen LogP) is 2.62. The molecule has 1 atom stereocenters. The molecule has 122 valence electrons. The van der Waals surface area contributed by atoms with Gasteiger partial charge in [0, 0.05) is 11.3 Å². The number of benzene rings is 2. The second kappa shape index (κ2) is 6.54. The van der Waals surface area contributed by atoms with Crippen molar-refractivity contribution in [2.24, 2.45) is 0 Å². The van der Waals surface area contributed by atoms with Crippen molar-refractivity contribution in [3.8, 4) is 5.75 Å². The lowest BCUT2D eigenvalue weighted by molar-refractivity contribution is -0.137. The van der Waals surface area contributed by atoms with Crippen LogP contribution in [0.1, 0.15) is 23.7 Å². The van der Waals surface area contributed by atoms with Gasteiger partial charge in [0.25, 0.3) is 0 Å². The quantitative estimate of drug-likeness (QED) is 0.513. The third-order valence-electron chi connectivity index (χ3n) is 3.68. The molecule has 0 fully saturated rings. The molecule has 2 aromatic rings. The van der Waals surface area contributed by atoms with Crippen LogP contribution < -0.4 is 15.4 Å². The minimum absolute atomic E-state index is 0.0410. The molecular formula is C18H16N2O4. The van der Waals surface area contributed by atoms with Crippen molar-refractivity contribution in [1.29, 1.82) is 0 Å². The average Bonchev–Trinajstić information content (AvgIpc) is 2.56. The van der Waals surface area contributed by atoms with Gasteiger partial charge in [-0.1, -0.05) is 12.1 Å². The highest BCUT2D eigenvalue weighted by Crippen LogP contribution is 2.29. The zero-order valence-electron chi connectivity index (χ0n) is 13.0. The molecule has 1 heterocycles. The number of hydrogen-bond donors (Lipinski definition) is 2. The lowest BCUT2D eigenvalue weighted by atomic mass is 10.1. The van der Waals surface area contributed by atoms with Gasteiger partial charge in [0.2, 0.25) is 5.91 Å². The van der Waals surface area contributed by atoms with E-state index in [0.29, 0.717) is 22.7 Å². The summed E-state index contributed by atoms with van der Waals surface area (Å²) in [6.45, 7) is 1.48. The van der Waals surface area contributed by atoms with Crippen LogP contribution in [0, 0.1) is 0 Å². The summed E-state index contributed by atoms with van der Waals surface area (Å²) in [5.41, 5.74) is 1.82. The fourth-order valence-corrected chi connectivity index (χ4v) is 2.42. The Morgan fingerprint density at radius 3 is 2.54 bits per heavy atom. The molecule has 0 bridgehead atoms. The summed E-state index contributed by atoms with van der Waals surface area (Å²) >= 11 is 0. The van der Waals surface area contributed by atoms with Crippen molar-refractivity contribution >= 4 is 29.0 Å². The lowest BCUT2D eigenvalue weighted by Gasteiger charge is -2.25. The van der Waals surface area contributed by atoms with Gasteiger partial charge >= 0.3 is 5.97 Å². The van der Waals surface area contributed by atoms with Crippen LogP contribution >= 0.6 is 0 Å². The van der Waals surface area contributed by atoms with E-state index in [0.717, 1.165) is 0 Å². The molecular weight excluding hydrogens is 308 g/mol. The first-order valence-electron chi connectivity index (χ1n) is 7.51. The number of nitrogens with one attached hydrogen (secondary N) is 2. The number of para-hydroxylation sites is 2. The van der Waals surface area contributed by atoms with Gasteiger partial charge in [-0.3, -0.25) is 9.59 Å². The summed E-state index contributed by atoms with van der Waals surface area (Å²) in [7, 11) is 0. The summed E-state index contributed by atoms with van der Waals surface area (Å²) in [6, 6.07) is 12.9. The number of Topliss-reactive ketones (excluding diaryl/α,β-unsaturated/α-hetero) is 1. The van der Waals surface area contributed by atoms with Gasteiger partial charge in [-0.25, -0.2) is 4.79 Å². The lowest BCUT2D eigenvalue weighted by Crippen LogP contribution is -2.39. The molecule has 6 nitrogen and oxygen atoms in total. The van der Waals surface area contributed by atoms with Crippen molar-refractivity contribution in [3.05, 3.63) is 54.1 Å². The largest absolute Gasteiger partial charge is 0.423 e. The molecule has 1 amide bonds. The maximum atomic E-state index is 12.1. The van der Waals surface area contributed by atoms with Crippen LogP contribution in [-0.2, 0) is 9.59 Å². The molecule has 1 aliphatic heterocycles. The van der Waals surface area contributed by atoms with Crippen LogP contribution in [0.25, 0.3) is 0 Å². The third kappa shape index (κ3) is 3.43. The van der Waals surface area contributed by atoms with Gasteiger partial charge in [0.15, 0.2) is 11.5 Å². The first kappa shape index (κ1) is 15.7. The molecule has 0 aromatic heterocycles. The van der Waals surface area contributed by atoms with Crippen molar-refractivity contribution < 1.29 is 19.1 Å². The van der Waals surface area contributed by atoms with Crippen LogP contribution in [0.5, 0.6) is 5.75 Å². The van der Waals surface area contributed by atoms with Crippen molar-refractivity contribution in [2.45, 2.75) is 19.4 Å². The van der Waals surface area contributed by atoms with Crippen LogP contribution in [0.4, 0.5) is 11.4 Å². The first-order chi connectivity index (χ1) is 11.5. The number of carbonyl (C=O) groups is 3. The topological polar surface area (TPSA) is 84.5 Å². The maximum absolute atomic E-state index is 12.1. The Kier molecular flexibility index (Phi) is 4.29. The average molecular weight is 324 g/mol. The molecule has 0 radical (unpaired) electrons. The number of hydrogen-bond acceptors (Lipinski definition) is 5. The van der Waals surface area contributed by atoms with Crippen LogP contribution in [0.15, 0.2) is 48.5 Å². The zero-order chi connectivity index (χ0) is 17.1. The van der Waals surface area contributed by atoms with Gasteiger partial charge in [0.1, 0.15) is 6.04 Å². The molecule has 2 aromatic carbocycles. The number of amides is 1.